The number of aromatic nitrogens is 4. The maximum Gasteiger partial charge on any atom is 0.280 e. The molecule has 0 atom stereocenters. The molecule has 3 aromatic rings. The van der Waals surface area contributed by atoms with Crippen molar-refractivity contribution in [2.24, 2.45) is 4.99 Å². The number of imidazole rings is 1. The molecule has 0 aliphatic carbocycles. The topological polar surface area (TPSA) is 78.8 Å². The molecule has 0 unspecified atom stereocenters. The van der Waals surface area contributed by atoms with Crippen LogP contribution in [-0.2, 0) is 12.2 Å². The quantitative estimate of drug-likeness (QED) is 0.372. The van der Waals surface area contributed by atoms with Gasteiger partial charge in [0, 0.05) is 35.2 Å². The molecule has 0 saturated heterocycles. The van der Waals surface area contributed by atoms with Crippen LogP contribution in [0.5, 0.6) is 0 Å². The van der Waals surface area contributed by atoms with Crippen LogP contribution in [0, 0.1) is 12.7 Å². The summed E-state index contributed by atoms with van der Waals surface area (Å²) in [5.74, 6) is 1.36. The normalized spacial score (nSPS) is 11.5. The maximum absolute atomic E-state index is 13.2. The summed E-state index contributed by atoms with van der Waals surface area (Å²) in [7, 11) is 0. The van der Waals surface area contributed by atoms with E-state index in [-0.39, 0.29) is 23.8 Å². The minimum Gasteiger partial charge on any atom is -0.348 e. The molecule has 30 heavy (non-hydrogen) atoms. The minimum absolute atomic E-state index is 0. The summed E-state index contributed by atoms with van der Waals surface area (Å²) < 4.78 is 14.7. The molecule has 9 heteroatoms. The summed E-state index contributed by atoms with van der Waals surface area (Å²) in [6, 6.07) is 5.88. The van der Waals surface area contributed by atoms with Crippen LogP contribution in [0.4, 0.5) is 4.39 Å². The molecule has 6 nitrogen and oxygen atoms in total. The van der Waals surface area contributed by atoms with Gasteiger partial charge < -0.3 is 4.98 Å². The number of benzene rings is 1. The van der Waals surface area contributed by atoms with Gasteiger partial charge in [0.15, 0.2) is 0 Å². The van der Waals surface area contributed by atoms with Gasteiger partial charge in [-0.2, -0.15) is 11.8 Å². The lowest BCUT2D eigenvalue weighted by atomic mass is 10.1. The van der Waals surface area contributed by atoms with Gasteiger partial charge >= 0.3 is 0 Å². The second kappa shape index (κ2) is 11.2. The van der Waals surface area contributed by atoms with E-state index in [1.54, 1.807) is 30.2 Å². The molecule has 0 aliphatic heterocycles. The van der Waals surface area contributed by atoms with Gasteiger partial charge in [-0.15, -0.1) is 12.4 Å². The molecule has 0 bridgehead atoms. The zero-order valence-electron chi connectivity index (χ0n) is 17.4. The van der Waals surface area contributed by atoms with Crippen LogP contribution in [-0.4, -0.2) is 37.8 Å². The Morgan fingerprint density at radius 3 is 2.67 bits per heavy atom. The van der Waals surface area contributed by atoms with Crippen LogP contribution in [0.3, 0.4) is 0 Å². The molecule has 2 heterocycles. The third-order valence-electron chi connectivity index (χ3n) is 4.67. The van der Waals surface area contributed by atoms with Crippen molar-refractivity contribution in [2.75, 3.05) is 12.3 Å². The molecule has 2 aromatic heterocycles. The lowest BCUT2D eigenvalue weighted by Crippen LogP contribution is -2.20. The van der Waals surface area contributed by atoms with E-state index in [1.165, 1.54) is 16.8 Å². The predicted octanol–water partition coefficient (Wildman–Crippen LogP) is 4.45. The first kappa shape index (κ1) is 24.0. The molecule has 3 rings (SSSR count). The van der Waals surface area contributed by atoms with Gasteiger partial charge in [-0.1, -0.05) is 13.3 Å². The van der Waals surface area contributed by atoms with Gasteiger partial charge in [-0.05, 0) is 44.5 Å². The number of halogens is 2. The Bertz CT molecular complexity index is 1040. The van der Waals surface area contributed by atoms with Crippen LogP contribution in [0.25, 0.3) is 5.69 Å². The third-order valence-corrected chi connectivity index (χ3v) is 5.62. The van der Waals surface area contributed by atoms with Crippen molar-refractivity contribution in [3.8, 4) is 5.69 Å². The molecule has 0 radical (unpaired) electrons. The standard InChI is InChI=1S/C21H26FN5OS.ClH/c1-4-5-18-20(21(28)27(26-18)17-8-6-16(22)7-9-17)15(3)23-10-11-29-12-19-14(2)24-13-25-19;/h6-9,13,26H,4-5,10-12H2,1-3H3,(H,24,25);1H. The number of hydrogen-bond acceptors (Lipinski definition) is 4. The van der Waals surface area contributed by atoms with E-state index in [0.717, 1.165) is 47.1 Å². The second-order valence-corrected chi connectivity index (χ2v) is 7.93. The van der Waals surface area contributed by atoms with E-state index in [9.17, 15) is 9.18 Å². The van der Waals surface area contributed by atoms with Crippen molar-refractivity contribution in [2.45, 2.75) is 39.4 Å². The number of H-pyrrole nitrogens is 2. The van der Waals surface area contributed by atoms with Crippen molar-refractivity contribution in [1.82, 2.24) is 19.7 Å². The van der Waals surface area contributed by atoms with Crippen molar-refractivity contribution in [3.63, 3.8) is 0 Å². The number of nitrogens with one attached hydrogen (secondary N) is 2. The summed E-state index contributed by atoms with van der Waals surface area (Å²) in [5.41, 5.74) is 4.82. The first-order valence-corrected chi connectivity index (χ1v) is 10.8. The maximum atomic E-state index is 13.2. The number of aryl methyl sites for hydroxylation is 2. The van der Waals surface area contributed by atoms with E-state index in [2.05, 4.69) is 27.0 Å². The fourth-order valence-corrected chi connectivity index (χ4v) is 3.97. The number of aromatic amines is 2. The zero-order valence-corrected chi connectivity index (χ0v) is 19.0. The van der Waals surface area contributed by atoms with Gasteiger partial charge in [-0.25, -0.2) is 14.1 Å². The Morgan fingerprint density at radius 2 is 2.03 bits per heavy atom. The van der Waals surface area contributed by atoms with Crippen LogP contribution < -0.4 is 5.56 Å². The smallest absolute Gasteiger partial charge is 0.280 e. The Kier molecular flexibility index (Phi) is 8.92. The largest absolute Gasteiger partial charge is 0.348 e. The fourth-order valence-electron chi connectivity index (χ4n) is 3.12. The number of rotatable bonds is 9. The highest BCUT2D eigenvalue weighted by atomic mass is 35.5. The lowest BCUT2D eigenvalue weighted by Gasteiger charge is -2.02. The van der Waals surface area contributed by atoms with E-state index in [4.69, 9.17) is 0 Å². The Labute approximate surface area is 185 Å². The van der Waals surface area contributed by atoms with Crippen molar-refractivity contribution in [3.05, 3.63) is 69.4 Å². The Hall–Kier alpha value is -2.32. The second-order valence-electron chi connectivity index (χ2n) is 6.83. The van der Waals surface area contributed by atoms with Crippen LogP contribution in [0.1, 0.15) is 42.9 Å². The minimum atomic E-state index is -0.331. The third kappa shape index (κ3) is 5.64. The molecular weight excluding hydrogens is 425 g/mol. The molecule has 1 aromatic carbocycles. The summed E-state index contributed by atoms with van der Waals surface area (Å²) in [4.78, 5) is 25.0. The van der Waals surface area contributed by atoms with Crippen LogP contribution in [0.2, 0.25) is 0 Å². The first-order chi connectivity index (χ1) is 14.0. The first-order valence-electron chi connectivity index (χ1n) is 9.69. The van der Waals surface area contributed by atoms with Gasteiger partial charge in [0.2, 0.25) is 0 Å². The molecule has 162 valence electrons. The van der Waals surface area contributed by atoms with Gasteiger partial charge in [0.05, 0.1) is 23.3 Å². The lowest BCUT2D eigenvalue weighted by molar-refractivity contribution is 0.626. The number of hydrogen-bond donors (Lipinski definition) is 2. The molecule has 0 aliphatic rings. The number of aliphatic imine (C=N–C) groups is 1. The SMILES string of the molecule is CCCc1[nH]n(-c2ccc(F)cc2)c(=O)c1C(C)=NCCSCc1nc[nH]c1C.Cl. The average molecular weight is 452 g/mol. The highest BCUT2D eigenvalue weighted by Crippen LogP contribution is 2.14. The van der Waals surface area contributed by atoms with E-state index in [1.807, 2.05) is 13.8 Å². The van der Waals surface area contributed by atoms with Crippen molar-refractivity contribution >= 4 is 29.9 Å². The highest BCUT2D eigenvalue weighted by Gasteiger charge is 2.17. The number of nitrogens with zero attached hydrogens (tertiary/aromatic N) is 3. The van der Waals surface area contributed by atoms with E-state index in [0.29, 0.717) is 17.8 Å². The van der Waals surface area contributed by atoms with Crippen LogP contribution >= 0.6 is 24.2 Å². The van der Waals surface area contributed by atoms with Crippen molar-refractivity contribution in [1.29, 1.82) is 0 Å². The highest BCUT2D eigenvalue weighted by molar-refractivity contribution is 7.98. The molecule has 2 N–H and O–H groups in total. The van der Waals surface area contributed by atoms with E-state index >= 15 is 0 Å². The molecule has 0 fully saturated rings. The zero-order chi connectivity index (χ0) is 20.8. The fraction of sp³-hybridized carbons (Fsp3) is 0.381. The average Bonchev–Trinajstić information content (AvgIpc) is 3.25. The summed E-state index contributed by atoms with van der Waals surface area (Å²) in [6.45, 7) is 6.59. The monoisotopic (exact) mass is 451 g/mol. The Balaban J connectivity index is 0.00000320. The summed E-state index contributed by atoms with van der Waals surface area (Å²) in [5, 5.41) is 3.18. The van der Waals surface area contributed by atoms with Crippen molar-refractivity contribution < 1.29 is 4.39 Å². The number of thioether (sulfide) groups is 1. The molecule has 0 amide bonds. The summed E-state index contributed by atoms with van der Waals surface area (Å²) >= 11 is 1.77. The van der Waals surface area contributed by atoms with Gasteiger partial charge in [-0.3, -0.25) is 14.9 Å². The summed E-state index contributed by atoms with van der Waals surface area (Å²) in [6.07, 6.45) is 3.36. The predicted molar refractivity (Wildman–Crippen MR) is 124 cm³/mol. The molecule has 0 spiro atoms. The molecular formula is C21H27ClFN5OS. The van der Waals surface area contributed by atoms with Crippen LogP contribution in [0.15, 0.2) is 40.4 Å². The van der Waals surface area contributed by atoms with E-state index < -0.39 is 0 Å². The molecule has 0 saturated carbocycles. The van der Waals surface area contributed by atoms with Gasteiger partial charge in [0.25, 0.3) is 5.56 Å². The Morgan fingerprint density at radius 1 is 1.30 bits per heavy atom. The van der Waals surface area contributed by atoms with Gasteiger partial charge in [0.1, 0.15) is 5.82 Å².